The molecule has 0 saturated heterocycles. The van der Waals surface area contributed by atoms with Crippen molar-refractivity contribution in [3.8, 4) is 0 Å². The topological polar surface area (TPSA) is 38.0 Å². The Labute approximate surface area is 110 Å². The average Bonchev–Trinajstić information content (AvgIpc) is 3.12. The highest BCUT2D eigenvalue weighted by atomic mass is 15.2. The normalized spacial score (nSPS) is 31.8. The van der Waals surface area contributed by atoms with Crippen molar-refractivity contribution >= 4 is 0 Å². The molecule has 2 heteroatoms. The van der Waals surface area contributed by atoms with Crippen LogP contribution in [-0.2, 0) is 6.42 Å². The van der Waals surface area contributed by atoms with Crippen LogP contribution in [0.25, 0.3) is 0 Å². The summed E-state index contributed by atoms with van der Waals surface area (Å²) in [4.78, 5) is 0. The molecule has 0 amide bonds. The summed E-state index contributed by atoms with van der Waals surface area (Å²) >= 11 is 0. The number of benzene rings is 1. The summed E-state index contributed by atoms with van der Waals surface area (Å²) in [6, 6.07) is 9.16. The molecule has 3 atom stereocenters. The van der Waals surface area contributed by atoms with E-state index in [4.69, 9.17) is 5.84 Å². The van der Waals surface area contributed by atoms with E-state index >= 15 is 0 Å². The number of aryl methyl sites for hydroxylation is 1. The predicted molar refractivity (Wildman–Crippen MR) is 74.9 cm³/mol. The van der Waals surface area contributed by atoms with Gasteiger partial charge < -0.3 is 0 Å². The minimum absolute atomic E-state index is 0.471. The van der Waals surface area contributed by atoms with Gasteiger partial charge in [-0.2, -0.15) is 0 Å². The van der Waals surface area contributed by atoms with E-state index in [1.165, 1.54) is 36.8 Å². The molecule has 0 bridgehead atoms. The van der Waals surface area contributed by atoms with Crippen LogP contribution >= 0.6 is 0 Å². The second-order valence-electron chi connectivity index (χ2n) is 6.09. The van der Waals surface area contributed by atoms with Gasteiger partial charge >= 0.3 is 0 Å². The second-order valence-corrected chi connectivity index (χ2v) is 6.09. The quantitative estimate of drug-likeness (QED) is 0.631. The highest BCUT2D eigenvalue weighted by molar-refractivity contribution is 5.27. The summed E-state index contributed by atoms with van der Waals surface area (Å²) < 4.78 is 0. The Bertz CT molecular complexity index is 403. The van der Waals surface area contributed by atoms with Crippen molar-refractivity contribution in [3.05, 3.63) is 35.4 Å². The Morgan fingerprint density at radius 1 is 1.22 bits per heavy atom. The predicted octanol–water partition coefficient (Wildman–Crippen LogP) is 2.81. The third-order valence-corrected chi connectivity index (χ3v) is 5.10. The summed E-state index contributed by atoms with van der Waals surface area (Å²) in [5.74, 6) is 8.57. The van der Waals surface area contributed by atoms with Gasteiger partial charge in [0.05, 0.1) is 0 Å². The van der Waals surface area contributed by atoms with E-state index in [9.17, 15) is 0 Å². The maximum atomic E-state index is 5.82. The van der Waals surface area contributed by atoms with Crippen molar-refractivity contribution in [2.24, 2.45) is 23.6 Å². The lowest BCUT2D eigenvalue weighted by Gasteiger charge is -2.17. The molecular weight excluding hydrogens is 220 g/mol. The number of rotatable bonds is 4. The summed E-state index contributed by atoms with van der Waals surface area (Å²) in [5, 5.41) is 0. The smallest absolute Gasteiger partial charge is 0.0284 e. The Morgan fingerprint density at radius 3 is 2.50 bits per heavy atom. The van der Waals surface area contributed by atoms with Crippen molar-refractivity contribution in [3.63, 3.8) is 0 Å². The molecule has 1 aromatic carbocycles. The molecule has 0 radical (unpaired) electrons. The molecule has 2 aliphatic carbocycles. The SMILES string of the molecule is Cc1ccccc1CC(NN)C1C2CCCCC21. The van der Waals surface area contributed by atoms with Gasteiger partial charge in [0.15, 0.2) is 0 Å². The lowest BCUT2D eigenvalue weighted by Crippen LogP contribution is -2.39. The molecular formula is C16H24N2. The average molecular weight is 244 g/mol. The van der Waals surface area contributed by atoms with Crippen molar-refractivity contribution in [2.45, 2.75) is 45.1 Å². The maximum Gasteiger partial charge on any atom is 0.0284 e. The van der Waals surface area contributed by atoms with E-state index in [2.05, 4.69) is 36.6 Å². The number of nitrogens with one attached hydrogen (secondary N) is 1. The largest absolute Gasteiger partial charge is 0.271 e. The van der Waals surface area contributed by atoms with E-state index in [-0.39, 0.29) is 0 Å². The monoisotopic (exact) mass is 244 g/mol. The fourth-order valence-corrected chi connectivity index (χ4v) is 4.03. The van der Waals surface area contributed by atoms with E-state index in [0.29, 0.717) is 6.04 Å². The summed E-state index contributed by atoms with van der Waals surface area (Å²) in [6.45, 7) is 2.20. The van der Waals surface area contributed by atoms with E-state index in [1.54, 1.807) is 0 Å². The van der Waals surface area contributed by atoms with Gasteiger partial charge in [-0.25, -0.2) is 0 Å². The Kier molecular flexibility index (Phi) is 3.40. The number of fused-ring (bicyclic) bond motifs is 1. The highest BCUT2D eigenvalue weighted by Gasteiger charge is 2.53. The van der Waals surface area contributed by atoms with Crippen molar-refractivity contribution < 1.29 is 0 Å². The Morgan fingerprint density at radius 2 is 1.89 bits per heavy atom. The zero-order chi connectivity index (χ0) is 12.5. The molecule has 0 heterocycles. The van der Waals surface area contributed by atoms with Crippen LogP contribution < -0.4 is 11.3 Å². The van der Waals surface area contributed by atoms with Crippen LogP contribution in [0.15, 0.2) is 24.3 Å². The van der Waals surface area contributed by atoms with Gasteiger partial charge in [-0.05, 0) is 55.1 Å². The fourth-order valence-electron chi connectivity index (χ4n) is 4.03. The van der Waals surface area contributed by atoms with Crippen LogP contribution in [0.5, 0.6) is 0 Å². The van der Waals surface area contributed by atoms with E-state index in [0.717, 1.165) is 24.2 Å². The van der Waals surface area contributed by atoms with Crippen molar-refractivity contribution in [2.75, 3.05) is 0 Å². The number of hydrogen-bond donors (Lipinski definition) is 2. The van der Waals surface area contributed by atoms with Crippen LogP contribution in [0.3, 0.4) is 0 Å². The second kappa shape index (κ2) is 5.02. The minimum Gasteiger partial charge on any atom is -0.271 e. The van der Waals surface area contributed by atoms with Crippen LogP contribution in [-0.4, -0.2) is 6.04 Å². The zero-order valence-corrected chi connectivity index (χ0v) is 11.2. The van der Waals surface area contributed by atoms with Gasteiger partial charge in [0.25, 0.3) is 0 Å². The fraction of sp³-hybridized carbons (Fsp3) is 0.625. The number of hydrogen-bond acceptors (Lipinski definition) is 2. The third kappa shape index (κ3) is 2.19. The lowest BCUT2D eigenvalue weighted by atomic mass is 9.97. The van der Waals surface area contributed by atoms with Gasteiger partial charge in [-0.1, -0.05) is 37.1 Å². The molecule has 3 unspecified atom stereocenters. The van der Waals surface area contributed by atoms with Gasteiger partial charge in [0.1, 0.15) is 0 Å². The molecule has 0 aliphatic heterocycles. The number of nitrogens with two attached hydrogens (primary N) is 1. The first kappa shape index (κ1) is 12.2. The van der Waals surface area contributed by atoms with E-state index in [1.807, 2.05) is 0 Å². The molecule has 0 aromatic heterocycles. The first-order chi connectivity index (χ1) is 8.81. The molecule has 3 rings (SSSR count). The maximum absolute atomic E-state index is 5.82. The summed E-state index contributed by atoms with van der Waals surface area (Å²) in [6.07, 6.45) is 6.81. The summed E-state index contributed by atoms with van der Waals surface area (Å²) in [5.41, 5.74) is 5.93. The van der Waals surface area contributed by atoms with Crippen LogP contribution in [0.2, 0.25) is 0 Å². The molecule has 0 spiro atoms. The van der Waals surface area contributed by atoms with Crippen LogP contribution in [0, 0.1) is 24.7 Å². The Hall–Kier alpha value is -0.860. The molecule has 2 aliphatic rings. The first-order valence-electron chi connectivity index (χ1n) is 7.32. The lowest BCUT2D eigenvalue weighted by molar-refractivity contribution is 0.436. The Balaban J connectivity index is 1.69. The number of hydrazine groups is 1. The molecule has 2 fully saturated rings. The first-order valence-corrected chi connectivity index (χ1v) is 7.32. The third-order valence-electron chi connectivity index (χ3n) is 5.10. The molecule has 1 aromatic rings. The van der Waals surface area contributed by atoms with Gasteiger partial charge in [0, 0.05) is 6.04 Å². The van der Waals surface area contributed by atoms with Crippen LogP contribution in [0.1, 0.15) is 36.8 Å². The molecule has 18 heavy (non-hydrogen) atoms. The van der Waals surface area contributed by atoms with E-state index < -0.39 is 0 Å². The molecule has 98 valence electrons. The standard InChI is InChI=1S/C16H24N2/c1-11-6-2-3-7-12(11)10-15(18-17)16-13-8-4-5-9-14(13)16/h2-3,6-7,13-16,18H,4-5,8-10,17H2,1H3. The summed E-state index contributed by atoms with van der Waals surface area (Å²) in [7, 11) is 0. The van der Waals surface area contributed by atoms with Crippen molar-refractivity contribution in [1.82, 2.24) is 5.43 Å². The minimum atomic E-state index is 0.471. The molecule has 2 nitrogen and oxygen atoms in total. The van der Waals surface area contributed by atoms with Gasteiger partial charge in [-0.3, -0.25) is 11.3 Å². The highest BCUT2D eigenvalue weighted by Crippen LogP contribution is 2.57. The van der Waals surface area contributed by atoms with Crippen molar-refractivity contribution in [1.29, 1.82) is 0 Å². The molecule has 3 N–H and O–H groups in total. The molecule has 2 saturated carbocycles. The van der Waals surface area contributed by atoms with Gasteiger partial charge in [-0.15, -0.1) is 0 Å². The van der Waals surface area contributed by atoms with Crippen LogP contribution in [0.4, 0.5) is 0 Å². The van der Waals surface area contributed by atoms with Gasteiger partial charge in [0.2, 0.25) is 0 Å². The zero-order valence-electron chi connectivity index (χ0n) is 11.2.